The Morgan fingerprint density at radius 3 is 2.74 bits per heavy atom. The standard InChI is InChI=1S/C28H29FN6O3S/c1-3-23(37)33-10-8-18-24-20(35(32-18)19-7-6-16(12-22(19)36)15-4-5-15)9-11-34(21(24)14-33)28(38)17-13-31-27(39-2)25(29)26(17)30/h3,6-7,12-13,15,21,36H,1,4-5,8-11,14H2,2H3,(H2,30,31). The molecule has 1 aliphatic carbocycles. The van der Waals surface area contributed by atoms with Crippen LogP contribution in [0.4, 0.5) is 10.1 Å². The highest BCUT2D eigenvalue weighted by Gasteiger charge is 2.41. The molecule has 0 bridgehead atoms. The first kappa shape index (κ1) is 25.4. The van der Waals surface area contributed by atoms with E-state index in [0.717, 1.165) is 47.1 Å². The van der Waals surface area contributed by atoms with E-state index in [9.17, 15) is 19.1 Å². The van der Waals surface area contributed by atoms with E-state index in [0.29, 0.717) is 37.5 Å². The van der Waals surface area contributed by atoms with E-state index in [2.05, 4.69) is 11.6 Å². The summed E-state index contributed by atoms with van der Waals surface area (Å²) in [6, 6.07) is 5.21. The maximum Gasteiger partial charge on any atom is 0.258 e. The first-order chi connectivity index (χ1) is 18.8. The molecule has 1 saturated carbocycles. The molecule has 11 heteroatoms. The SMILES string of the molecule is C=CC(=O)N1CCc2nn(-c3ccc(C4CC4)cc3O)c3c2C(C1)N(C(=O)c1cnc(SC)c(F)c1N)CC3. The Bertz CT molecular complexity index is 1520. The van der Waals surface area contributed by atoms with E-state index >= 15 is 0 Å². The topological polar surface area (TPSA) is 118 Å². The van der Waals surface area contributed by atoms with Gasteiger partial charge in [0.05, 0.1) is 28.7 Å². The minimum Gasteiger partial charge on any atom is -0.506 e. The van der Waals surface area contributed by atoms with Crippen LogP contribution in [0.25, 0.3) is 5.69 Å². The number of amides is 2. The fourth-order valence-corrected chi connectivity index (χ4v) is 6.15. The fraction of sp³-hybridized carbons (Fsp3) is 0.357. The maximum absolute atomic E-state index is 14.8. The first-order valence-electron chi connectivity index (χ1n) is 13.0. The van der Waals surface area contributed by atoms with Gasteiger partial charge >= 0.3 is 0 Å². The summed E-state index contributed by atoms with van der Waals surface area (Å²) in [7, 11) is 0. The fourth-order valence-electron chi connectivity index (χ4n) is 5.71. The third kappa shape index (κ3) is 4.25. The summed E-state index contributed by atoms with van der Waals surface area (Å²) in [5, 5.41) is 15.9. The van der Waals surface area contributed by atoms with E-state index in [-0.39, 0.29) is 34.5 Å². The summed E-state index contributed by atoms with van der Waals surface area (Å²) in [5.74, 6) is -0.737. The summed E-state index contributed by atoms with van der Waals surface area (Å²) in [6.45, 7) is 4.55. The van der Waals surface area contributed by atoms with E-state index < -0.39 is 17.8 Å². The average molecular weight is 549 g/mol. The molecule has 3 aliphatic rings. The van der Waals surface area contributed by atoms with Crippen LogP contribution in [-0.4, -0.2) is 67.4 Å². The molecule has 9 nitrogen and oxygen atoms in total. The van der Waals surface area contributed by atoms with Crippen molar-refractivity contribution >= 4 is 29.3 Å². The third-order valence-electron chi connectivity index (χ3n) is 7.88. The normalized spacial score (nSPS) is 18.5. The van der Waals surface area contributed by atoms with E-state index in [1.54, 1.807) is 20.7 Å². The molecule has 0 radical (unpaired) electrons. The van der Waals surface area contributed by atoms with Crippen molar-refractivity contribution in [2.45, 2.75) is 42.7 Å². The minimum atomic E-state index is -0.714. The monoisotopic (exact) mass is 548 g/mol. The molecule has 1 unspecified atom stereocenters. The lowest BCUT2D eigenvalue weighted by molar-refractivity contribution is -0.126. The Labute approximate surface area is 229 Å². The van der Waals surface area contributed by atoms with Gasteiger partial charge in [0.1, 0.15) is 16.5 Å². The number of pyridine rings is 1. The summed E-state index contributed by atoms with van der Waals surface area (Å²) in [5.41, 5.74) is 10.0. The molecule has 3 N–H and O–H groups in total. The summed E-state index contributed by atoms with van der Waals surface area (Å²) >= 11 is 1.11. The highest BCUT2D eigenvalue weighted by molar-refractivity contribution is 7.98. The van der Waals surface area contributed by atoms with Crippen molar-refractivity contribution < 1.29 is 19.1 Å². The highest BCUT2D eigenvalue weighted by atomic mass is 32.2. The van der Waals surface area contributed by atoms with Gasteiger partial charge in [0.15, 0.2) is 5.82 Å². The number of aromatic nitrogens is 3. The second-order valence-electron chi connectivity index (χ2n) is 10.2. The van der Waals surface area contributed by atoms with Crippen molar-refractivity contribution in [1.82, 2.24) is 24.6 Å². The molecule has 1 fully saturated rings. The Kier molecular flexibility index (Phi) is 6.33. The van der Waals surface area contributed by atoms with Crippen LogP contribution in [0, 0.1) is 5.82 Å². The third-order valence-corrected chi connectivity index (χ3v) is 8.55. The molecular weight excluding hydrogens is 519 g/mol. The molecule has 0 spiro atoms. The molecule has 0 saturated heterocycles. The molecule has 2 aromatic heterocycles. The predicted molar refractivity (Wildman–Crippen MR) is 146 cm³/mol. The summed E-state index contributed by atoms with van der Waals surface area (Å²) in [6.07, 6.45) is 7.47. The number of phenols is 1. The molecule has 1 atom stereocenters. The van der Waals surface area contributed by atoms with Crippen LogP contribution in [0.5, 0.6) is 5.75 Å². The van der Waals surface area contributed by atoms with Crippen molar-refractivity contribution in [1.29, 1.82) is 0 Å². The van der Waals surface area contributed by atoms with E-state index in [4.69, 9.17) is 10.8 Å². The number of carbonyl (C=O) groups excluding carboxylic acids is 2. The largest absolute Gasteiger partial charge is 0.506 e. The van der Waals surface area contributed by atoms with Crippen LogP contribution >= 0.6 is 11.8 Å². The number of thioether (sulfide) groups is 1. The molecular formula is C28H29FN6O3S. The molecule has 4 heterocycles. The van der Waals surface area contributed by atoms with Crippen LogP contribution in [0.2, 0.25) is 0 Å². The van der Waals surface area contributed by atoms with E-state index in [1.165, 1.54) is 12.3 Å². The molecule has 2 amide bonds. The van der Waals surface area contributed by atoms with Crippen LogP contribution < -0.4 is 5.73 Å². The van der Waals surface area contributed by atoms with Gasteiger partial charge in [-0.15, -0.1) is 11.8 Å². The Hall–Kier alpha value is -3.86. The molecule has 202 valence electrons. The number of halogens is 1. The van der Waals surface area contributed by atoms with Gasteiger partial charge < -0.3 is 20.6 Å². The van der Waals surface area contributed by atoms with E-state index in [1.807, 2.05) is 18.2 Å². The average Bonchev–Trinajstić information content (AvgIpc) is 3.75. The number of phenolic OH excluding ortho intramolecular Hbond substituents is 1. The second-order valence-corrected chi connectivity index (χ2v) is 10.9. The Balaban J connectivity index is 1.43. The minimum absolute atomic E-state index is 0.0122. The number of nitrogens with zero attached hydrogens (tertiary/aromatic N) is 5. The quantitative estimate of drug-likeness (QED) is 0.370. The molecule has 3 aromatic rings. The van der Waals surface area contributed by atoms with Crippen LogP contribution in [0.1, 0.15) is 57.7 Å². The summed E-state index contributed by atoms with van der Waals surface area (Å²) in [4.78, 5) is 33.9. The van der Waals surface area contributed by atoms with Crippen LogP contribution in [0.15, 0.2) is 42.1 Å². The number of anilines is 1. The van der Waals surface area contributed by atoms with Gasteiger partial charge in [-0.1, -0.05) is 12.6 Å². The second kappa shape index (κ2) is 9.71. The molecule has 2 aliphatic heterocycles. The Morgan fingerprint density at radius 1 is 1.26 bits per heavy atom. The van der Waals surface area contributed by atoms with Crippen molar-refractivity contribution in [2.24, 2.45) is 0 Å². The lowest BCUT2D eigenvalue weighted by atomic mass is 9.94. The zero-order chi connectivity index (χ0) is 27.4. The van der Waals surface area contributed by atoms with Gasteiger partial charge in [0.25, 0.3) is 5.91 Å². The Morgan fingerprint density at radius 2 is 2.05 bits per heavy atom. The first-order valence-corrected chi connectivity index (χ1v) is 14.2. The van der Waals surface area contributed by atoms with Crippen LogP contribution in [0.3, 0.4) is 0 Å². The molecule has 1 aromatic carbocycles. The van der Waals surface area contributed by atoms with Gasteiger partial charge in [-0.2, -0.15) is 5.10 Å². The van der Waals surface area contributed by atoms with Gasteiger partial charge in [-0.05, 0) is 48.8 Å². The lowest BCUT2D eigenvalue weighted by Gasteiger charge is -2.38. The number of hydrogen-bond acceptors (Lipinski definition) is 7. The van der Waals surface area contributed by atoms with Crippen molar-refractivity contribution in [3.05, 3.63) is 70.9 Å². The number of benzene rings is 1. The predicted octanol–water partition coefficient (Wildman–Crippen LogP) is 3.60. The smallest absolute Gasteiger partial charge is 0.258 e. The zero-order valence-corrected chi connectivity index (χ0v) is 22.4. The lowest BCUT2D eigenvalue weighted by Crippen LogP contribution is -2.46. The van der Waals surface area contributed by atoms with Crippen LogP contribution in [-0.2, 0) is 17.6 Å². The highest BCUT2D eigenvalue weighted by Crippen LogP contribution is 2.43. The number of nitrogen functional groups attached to an aromatic ring is 1. The van der Waals surface area contributed by atoms with Crippen molar-refractivity contribution in [3.63, 3.8) is 0 Å². The maximum atomic E-state index is 14.8. The number of carbonyl (C=O) groups is 2. The molecule has 6 rings (SSSR count). The van der Waals surface area contributed by atoms with Gasteiger partial charge in [0, 0.05) is 44.2 Å². The zero-order valence-electron chi connectivity index (χ0n) is 21.6. The number of aromatic hydroxyl groups is 1. The molecule has 39 heavy (non-hydrogen) atoms. The summed E-state index contributed by atoms with van der Waals surface area (Å²) < 4.78 is 16.6. The number of rotatable bonds is 5. The van der Waals surface area contributed by atoms with Gasteiger partial charge in [-0.25, -0.2) is 14.1 Å². The van der Waals surface area contributed by atoms with Gasteiger partial charge in [-0.3, -0.25) is 9.59 Å². The number of nitrogens with two attached hydrogens (primary N) is 1. The van der Waals surface area contributed by atoms with Crippen molar-refractivity contribution in [2.75, 3.05) is 31.6 Å². The van der Waals surface area contributed by atoms with Crippen molar-refractivity contribution in [3.8, 4) is 11.4 Å². The van der Waals surface area contributed by atoms with Gasteiger partial charge in [0.2, 0.25) is 5.91 Å². The number of hydrogen-bond donors (Lipinski definition) is 2.